The number of amides is 1. The van der Waals surface area contributed by atoms with Crippen LogP contribution in [-0.4, -0.2) is 51.1 Å². The van der Waals surface area contributed by atoms with Crippen LogP contribution >= 0.6 is 0 Å². The van der Waals surface area contributed by atoms with Gasteiger partial charge >= 0.3 is 0 Å². The number of pyridine rings is 1. The Kier molecular flexibility index (Phi) is 7.22. The second-order valence-corrected chi connectivity index (χ2v) is 6.13. The van der Waals surface area contributed by atoms with Gasteiger partial charge in [0.25, 0.3) is 5.91 Å². The van der Waals surface area contributed by atoms with Gasteiger partial charge in [-0.1, -0.05) is 6.92 Å². The molecule has 0 spiro atoms. The van der Waals surface area contributed by atoms with Gasteiger partial charge in [0.15, 0.2) is 0 Å². The van der Waals surface area contributed by atoms with Gasteiger partial charge in [0.2, 0.25) is 0 Å². The molecule has 5 nitrogen and oxygen atoms in total. The molecule has 0 bridgehead atoms. The molecule has 0 saturated carbocycles. The molecule has 1 amide bonds. The summed E-state index contributed by atoms with van der Waals surface area (Å²) in [5, 5.41) is 3.18. The van der Waals surface area contributed by atoms with Crippen LogP contribution in [0.5, 0.6) is 0 Å². The van der Waals surface area contributed by atoms with Crippen LogP contribution in [0.4, 0.5) is 5.69 Å². The van der Waals surface area contributed by atoms with Gasteiger partial charge in [0, 0.05) is 53.8 Å². The zero-order chi connectivity index (χ0) is 15.0. The highest BCUT2D eigenvalue weighted by atomic mass is 32.2. The molecule has 1 aromatic rings. The maximum Gasteiger partial charge on any atom is 0.272 e. The fraction of sp³-hybridized carbons (Fsp3) is 0.571. The standard InChI is InChI=1S/C14H23N3O2S/c1-4-17(5-2)14(18)13-11-12(7-8-16-13)15-9-10-20(19)6-3/h7-8,11H,4-6,9-10H2,1-3H3,(H,15,16). The molecule has 112 valence electrons. The summed E-state index contributed by atoms with van der Waals surface area (Å²) in [5.74, 6) is 1.22. The van der Waals surface area contributed by atoms with Crippen LogP contribution in [0.3, 0.4) is 0 Å². The summed E-state index contributed by atoms with van der Waals surface area (Å²) in [5.41, 5.74) is 1.28. The fourth-order valence-electron chi connectivity index (χ4n) is 1.78. The van der Waals surface area contributed by atoms with Crippen molar-refractivity contribution in [1.82, 2.24) is 9.88 Å². The predicted octanol–water partition coefficient (Wildman–Crippen LogP) is 1.74. The lowest BCUT2D eigenvalue weighted by molar-refractivity contribution is 0.0767. The van der Waals surface area contributed by atoms with E-state index in [-0.39, 0.29) is 5.91 Å². The molecule has 1 N–H and O–H groups in total. The van der Waals surface area contributed by atoms with Crippen LogP contribution in [-0.2, 0) is 10.8 Å². The second-order valence-electron chi connectivity index (χ2n) is 4.27. The highest BCUT2D eigenvalue weighted by molar-refractivity contribution is 7.84. The van der Waals surface area contributed by atoms with Crippen molar-refractivity contribution in [2.45, 2.75) is 20.8 Å². The molecule has 6 heteroatoms. The summed E-state index contributed by atoms with van der Waals surface area (Å²) in [6.07, 6.45) is 1.62. The third-order valence-electron chi connectivity index (χ3n) is 3.01. The van der Waals surface area contributed by atoms with Crippen molar-refractivity contribution in [3.8, 4) is 0 Å². The lowest BCUT2D eigenvalue weighted by Crippen LogP contribution is -2.31. The predicted molar refractivity (Wildman–Crippen MR) is 83.5 cm³/mol. The van der Waals surface area contributed by atoms with Gasteiger partial charge in [-0.05, 0) is 26.0 Å². The van der Waals surface area contributed by atoms with Gasteiger partial charge in [-0.15, -0.1) is 0 Å². The topological polar surface area (TPSA) is 62.3 Å². The average molecular weight is 297 g/mol. The van der Waals surface area contributed by atoms with Crippen LogP contribution in [0.25, 0.3) is 0 Å². The number of aromatic nitrogens is 1. The molecule has 1 rings (SSSR count). The van der Waals surface area contributed by atoms with Crippen molar-refractivity contribution in [2.24, 2.45) is 0 Å². The summed E-state index contributed by atoms with van der Waals surface area (Å²) in [4.78, 5) is 18.0. The van der Waals surface area contributed by atoms with Crippen LogP contribution < -0.4 is 5.32 Å². The summed E-state index contributed by atoms with van der Waals surface area (Å²) in [6, 6.07) is 3.56. The number of hydrogen-bond donors (Lipinski definition) is 1. The quantitative estimate of drug-likeness (QED) is 0.794. The Balaban J connectivity index is 2.66. The fourth-order valence-corrected chi connectivity index (χ4v) is 2.40. The highest BCUT2D eigenvalue weighted by Crippen LogP contribution is 2.10. The Labute approximate surface area is 123 Å². The number of nitrogens with zero attached hydrogens (tertiary/aromatic N) is 2. The van der Waals surface area contributed by atoms with E-state index in [1.807, 2.05) is 26.8 Å². The van der Waals surface area contributed by atoms with Crippen molar-refractivity contribution >= 4 is 22.4 Å². The number of rotatable bonds is 8. The number of hydrogen-bond acceptors (Lipinski definition) is 4. The maximum absolute atomic E-state index is 12.2. The molecule has 1 atom stereocenters. The normalized spacial score (nSPS) is 11.9. The van der Waals surface area contributed by atoms with E-state index in [2.05, 4.69) is 10.3 Å². The van der Waals surface area contributed by atoms with Crippen LogP contribution in [0.1, 0.15) is 31.3 Å². The van der Waals surface area contributed by atoms with Gasteiger partial charge in [0.1, 0.15) is 5.69 Å². The molecular weight excluding hydrogens is 274 g/mol. The third-order valence-corrected chi connectivity index (χ3v) is 4.31. The summed E-state index contributed by atoms with van der Waals surface area (Å²) >= 11 is 0. The summed E-state index contributed by atoms with van der Waals surface area (Å²) in [7, 11) is -0.778. The SMILES string of the molecule is CCN(CC)C(=O)c1cc(NCCS(=O)CC)ccn1. The Morgan fingerprint density at radius 3 is 2.65 bits per heavy atom. The van der Waals surface area contributed by atoms with Crippen LogP contribution in [0.15, 0.2) is 18.3 Å². The van der Waals surface area contributed by atoms with Gasteiger partial charge in [-0.3, -0.25) is 14.0 Å². The third kappa shape index (κ3) is 4.92. The van der Waals surface area contributed by atoms with Crippen molar-refractivity contribution in [3.05, 3.63) is 24.0 Å². The van der Waals surface area contributed by atoms with E-state index < -0.39 is 10.8 Å². The smallest absolute Gasteiger partial charge is 0.272 e. The first-order valence-electron chi connectivity index (χ1n) is 6.96. The maximum atomic E-state index is 12.2. The minimum Gasteiger partial charge on any atom is -0.384 e. The first-order valence-corrected chi connectivity index (χ1v) is 8.45. The molecule has 1 aromatic heterocycles. The van der Waals surface area contributed by atoms with Crippen molar-refractivity contribution in [2.75, 3.05) is 36.5 Å². The molecule has 0 aliphatic carbocycles. The molecular formula is C14H23N3O2S. The summed E-state index contributed by atoms with van der Waals surface area (Å²) in [6.45, 7) is 7.77. The number of nitrogens with one attached hydrogen (secondary N) is 1. The van der Waals surface area contributed by atoms with Crippen LogP contribution in [0.2, 0.25) is 0 Å². The number of carbonyl (C=O) groups excluding carboxylic acids is 1. The molecule has 1 unspecified atom stereocenters. The van der Waals surface area contributed by atoms with Crippen molar-refractivity contribution in [3.63, 3.8) is 0 Å². The largest absolute Gasteiger partial charge is 0.384 e. The molecule has 0 aliphatic rings. The molecule has 1 heterocycles. The number of anilines is 1. The van der Waals surface area contributed by atoms with Gasteiger partial charge < -0.3 is 10.2 Å². The molecule has 0 aromatic carbocycles. The molecule has 0 radical (unpaired) electrons. The minimum atomic E-state index is -0.778. The van der Waals surface area contributed by atoms with E-state index in [4.69, 9.17) is 0 Å². The van der Waals surface area contributed by atoms with Gasteiger partial charge in [-0.2, -0.15) is 0 Å². The van der Waals surface area contributed by atoms with Gasteiger partial charge in [0.05, 0.1) is 0 Å². The van der Waals surface area contributed by atoms with Crippen molar-refractivity contribution < 1.29 is 9.00 Å². The van der Waals surface area contributed by atoms with E-state index in [1.54, 1.807) is 17.2 Å². The zero-order valence-electron chi connectivity index (χ0n) is 12.4. The molecule has 0 aliphatic heterocycles. The Morgan fingerprint density at radius 1 is 1.35 bits per heavy atom. The second kappa shape index (κ2) is 8.68. The van der Waals surface area contributed by atoms with E-state index in [1.165, 1.54) is 0 Å². The van der Waals surface area contributed by atoms with E-state index in [9.17, 15) is 9.00 Å². The van der Waals surface area contributed by atoms with E-state index in [0.717, 1.165) is 5.69 Å². The molecule has 20 heavy (non-hydrogen) atoms. The van der Waals surface area contributed by atoms with E-state index in [0.29, 0.717) is 36.8 Å². The lowest BCUT2D eigenvalue weighted by Gasteiger charge is -2.18. The number of carbonyl (C=O) groups is 1. The Morgan fingerprint density at radius 2 is 2.05 bits per heavy atom. The first kappa shape index (κ1) is 16.6. The lowest BCUT2D eigenvalue weighted by atomic mass is 10.2. The monoisotopic (exact) mass is 297 g/mol. The highest BCUT2D eigenvalue weighted by Gasteiger charge is 2.13. The Hall–Kier alpha value is -1.43. The van der Waals surface area contributed by atoms with Crippen molar-refractivity contribution in [1.29, 1.82) is 0 Å². The zero-order valence-corrected chi connectivity index (χ0v) is 13.2. The minimum absolute atomic E-state index is 0.0595. The molecule has 0 saturated heterocycles. The first-order chi connectivity index (χ1) is 9.62. The Bertz CT molecular complexity index is 461. The van der Waals surface area contributed by atoms with E-state index >= 15 is 0 Å². The summed E-state index contributed by atoms with van der Waals surface area (Å²) < 4.78 is 11.3. The van der Waals surface area contributed by atoms with Gasteiger partial charge in [-0.25, -0.2) is 0 Å². The van der Waals surface area contributed by atoms with Crippen LogP contribution in [0, 0.1) is 0 Å². The molecule has 0 fully saturated rings. The average Bonchev–Trinajstić information content (AvgIpc) is 2.48.